The van der Waals surface area contributed by atoms with Gasteiger partial charge in [0.1, 0.15) is 6.54 Å². The van der Waals surface area contributed by atoms with Crippen molar-refractivity contribution in [2.75, 3.05) is 29.4 Å². The quantitative estimate of drug-likeness (QED) is 0.446. The lowest BCUT2D eigenvalue weighted by Gasteiger charge is -2.22. The molecule has 0 aliphatic carbocycles. The van der Waals surface area contributed by atoms with Crippen LogP contribution >= 0.6 is 27.7 Å². The largest absolute Gasteiger partial charge is 0.354 e. The van der Waals surface area contributed by atoms with Gasteiger partial charge in [-0.15, -0.1) is 11.8 Å². The van der Waals surface area contributed by atoms with Crippen molar-refractivity contribution in [1.82, 2.24) is 5.32 Å². The molecule has 2 rings (SSSR count). The number of nitrogens with one attached hydrogen (secondary N) is 1. The lowest BCUT2D eigenvalue weighted by Crippen LogP contribution is -2.40. The van der Waals surface area contributed by atoms with E-state index in [2.05, 4.69) is 52.4 Å². The average molecular weight is 471 g/mol. The molecule has 0 aromatic heterocycles. The van der Waals surface area contributed by atoms with E-state index >= 15 is 0 Å². The molecule has 0 unspecified atom stereocenters. The Kier molecular flexibility index (Phi) is 8.19. The van der Waals surface area contributed by atoms with Gasteiger partial charge in [0.05, 0.1) is 11.9 Å². The third-order valence-electron chi connectivity index (χ3n) is 3.74. The van der Waals surface area contributed by atoms with Crippen molar-refractivity contribution >= 4 is 49.3 Å². The van der Waals surface area contributed by atoms with Gasteiger partial charge in [-0.2, -0.15) is 0 Å². The van der Waals surface area contributed by atoms with Crippen LogP contribution in [0.1, 0.15) is 12.0 Å². The summed E-state index contributed by atoms with van der Waals surface area (Å²) in [7, 11) is -3.55. The van der Waals surface area contributed by atoms with Crippen LogP contribution in [0.4, 0.5) is 5.69 Å². The highest BCUT2D eigenvalue weighted by molar-refractivity contribution is 9.10. The van der Waals surface area contributed by atoms with Gasteiger partial charge < -0.3 is 5.32 Å². The molecule has 0 saturated heterocycles. The molecule has 0 fully saturated rings. The van der Waals surface area contributed by atoms with E-state index in [1.54, 1.807) is 36.0 Å². The first-order valence-corrected chi connectivity index (χ1v) is 12.1. The van der Waals surface area contributed by atoms with Crippen LogP contribution in [-0.4, -0.2) is 39.4 Å². The number of benzene rings is 2. The van der Waals surface area contributed by atoms with Crippen molar-refractivity contribution < 1.29 is 13.2 Å². The van der Waals surface area contributed by atoms with Crippen LogP contribution < -0.4 is 9.62 Å². The highest BCUT2D eigenvalue weighted by Crippen LogP contribution is 2.21. The van der Waals surface area contributed by atoms with Gasteiger partial charge in [-0.1, -0.05) is 33.6 Å². The molecule has 0 bridgehead atoms. The molecule has 0 aliphatic heterocycles. The Bertz CT molecular complexity index is 854. The highest BCUT2D eigenvalue weighted by Gasteiger charge is 2.20. The van der Waals surface area contributed by atoms with E-state index in [9.17, 15) is 13.2 Å². The molecule has 2 aromatic carbocycles. The van der Waals surface area contributed by atoms with Crippen LogP contribution in [0.2, 0.25) is 0 Å². The first-order valence-electron chi connectivity index (χ1n) is 8.45. The molecule has 0 spiro atoms. The van der Waals surface area contributed by atoms with Gasteiger partial charge in [-0.25, -0.2) is 8.42 Å². The summed E-state index contributed by atoms with van der Waals surface area (Å²) in [5.74, 6) is 0.565. The molecule has 0 atom stereocenters. The number of carbonyl (C=O) groups excluding carboxylic acids is 1. The minimum absolute atomic E-state index is 0.231. The number of carbonyl (C=O) groups is 1. The summed E-state index contributed by atoms with van der Waals surface area (Å²) in [5, 5.41) is 2.79. The lowest BCUT2D eigenvalue weighted by molar-refractivity contribution is -0.119. The van der Waals surface area contributed by atoms with Gasteiger partial charge in [0, 0.05) is 15.9 Å². The summed E-state index contributed by atoms with van der Waals surface area (Å²) in [4.78, 5) is 13.4. The molecular weight excluding hydrogens is 448 g/mol. The molecule has 0 saturated carbocycles. The predicted molar refractivity (Wildman–Crippen MR) is 116 cm³/mol. The Morgan fingerprint density at radius 3 is 2.33 bits per heavy atom. The van der Waals surface area contributed by atoms with E-state index < -0.39 is 10.0 Å². The standard InChI is InChI=1S/C19H23BrN2O3S2/c1-15-4-10-18(11-5-15)26-13-3-12-21-19(23)14-22(27(2,24)25)17-8-6-16(20)7-9-17/h4-11H,3,12-14H2,1-2H3,(H,21,23). The first-order chi connectivity index (χ1) is 12.8. The molecular formula is C19H23BrN2O3S2. The van der Waals surface area contributed by atoms with Crippen molar-refractivity contribution in [2.45, 2.75) is 18.2 Å². The SMILES string of the molecule is Cc1ccc(SCCCNC(=O)CN(c2ccc(Br)cc2)S(C)(=O)=O)cc1. The van der Waals surface area contributed by atoms with Gasteiger partial charge in [-0.3, -0.25) is 9.10 Å². The Labute approximate surface area is 173 Å². The molecule has 0 radical (unpaired) electrons. The monoisotopic (exact) mass is 470 g/mol. The summed E-state index contributed by atoms with van der Waals surface area (Å²) >= 11 is 5.05. The predicted octanol–water partition coefficient (Wildman–Crippen LogP) is 3.82. The Hall–Kier alpha value is -1.51. The first kappa shape index (κ1) is 21.8. The number of hydrogen-bond donors (Lipinski definition) is 1. The van der Waals surface area contributed by atoms with E-state index in [0.717, 1.165) is 27.2 Å². The lowest BCUT2D eigenvalue weighted by atomic mass is 10.2. The minimum Gasteiger partial charge on any atom is -0.354 e. The molecule has 146 valence electrons. The maximum atomic E-state index is 12.2. The number of anilines is 1. The van der Waals surface area contributed by atoms with Crippen LogP contribution in [0.3, 0.4) is 0 Å². The van der Waals surface area contributed by atoms with Gasteiger partial charge in [0.2, 0.25) is 15.9 Å². The summed E-state index contributed by atoms with van der Waals surface area (Å²) in [5.41, 5.74) is 1.69. The Balaban J connectivity index is 1.80. The zero-order valence-corrected chi connectivity index (χ0v) is 18.5. The van der Waals surface area contributed by atoms with Crippen LogP contribution in [0, 0.1) is 6.92 Å². The smallest absolute Gasteiger partial charge is 0.240 e. The number of rotatable bonds is 9. The molecule has 0 aliphatic rings. The number of halogens is 1. The number of sulfonamides is 1. The number of hydrogen-bond acceptors (Lipinski definition) is 4. The van der Waals surface area contributed by atoms with Crippen LogP contribution in [0.25, 0.3) is 0 Å². The summed E-state index contributed by atoms with van der Waals surface area (Å²) in [6.45, 7) is 2.33. The second-order valence-corrected chi connectivity index (χ2v) is 10.1. The fourth-order valence-electron chi connectivity index (χ4n) is 2.32. The van der Waals surface area contributed by atoms with E-state index in [1.807, 2.05) is 0 Å². The zero-order valence-electron chi connectivity index (χ0n) is 15.3. The Morgan fingerprint density at radius 1 is 1.11 bits per heavy atom. The van der Waals surface area contributed by atoms with Gasteiger partial charge >= 0.3 is 0 Å². The van der Waals surface area contributed by atoms with Crippen molar-refractivity contribution in [3.8, 4) is 0 Å². The fourth-order valence-corrected chi connectivity index (χ4v) is 4.29. The number of amides is 1. The summed E-state index contributed by atoms with van der Waals surface area (Å²) in [6, 6.07) is 15.1. The zero-order chi connectivity index (χ0) is 19.9. The van der Waals surface area contributed by atoms with Crippen LogP contribution in [-0.2, 0) is 14.8 Å². The van der Waals surface area contributed by atoms with Gasteiger partial charge in [-0.05, 0) is 55.5 Å². The maximum Gasteiger partial charge on any atom is 0.240 e. The normalized spacial score (nSPS) is 11.2. The van der Waals surface area contributed by atoms with E-state index in [0.29, 0.717) is 12.2 Å². The maximum absolute atomic E-state index is 12.2. The molecule has 8 heteroatoms. The minimum atomic E-state index is -3.55. The second kappa shape index (κ2) is 10.1. The van der Waals surface area contributed by atoms with Crippen molar-refractivity contribution in [3.05, 3.63) is 58.6 Å². The number of nitrogens with zero attached hydrogens (tertiary/aromatic N) is 1. The topological polar surface area (TPSA) is 66.5 Å². The number of thioether (sulfide) groups is 1. The summed E-state index contributed by atoms with van der Waals surface area (Å²) < 4.78 is 26.0. The Morgan fingerprint density at radius 2 is 1.74 bits per heavy atom. The van der Waals surface area contributed by atoms with Crippen molar-refractivity contribution in [2.24, 2.45) is 0 Å². The van der Waals surface area contributed by atoms with Crippen LogP contribution in [0.15, 0.2) is 57.9 Å². The van der Waals surface area contributed by atoms with E-state index in [1.165, 1.54) is 10.5 Å². The molecule has 1 N–H and O–H groups in total. The molecule has 5 nitrogen and oxygen atoms in total. The van der Waals surface area contributed by atoms with Gasteiger partial charge in [0.25, 0.3) is 0 Å². The number of aryl methyl sites for hydroxylation is 1. The van der Waals surface area contributed by atoms with Crippen LogP contribution in [0.5, 0.6) is 0 Å². The average Bonchev–Trinajstić information content (AvgIpc) is 2.61. The van der Waals surface area contributed by atoms with Crippen molar-refractivity contribution in [3.63, 3.8) is 0 Å². The van der Waals surface area contributed by atoms with E-state index in [4.69, 9.17) is 0 Å². The van der Waals surface area contributed by atoms with Crippen molar-refractivity contribution in [1.29, 1.82) is 0 Å². The molecule has 0 heterocycles. The van der Waals surface area contributed by atoms with Gasteiger partial charge in [0.15, 0.2) is 0 Å². The third-order valence-corrected chi connectivity index (χ3v) is 6.50. The molecule has 2 aromatic rings. The molecule has 1 amide bonds. The van der Waals surface area contributed by atoms with E-state index in [-0.39, 0.29) is 12.5 Å². The molecule has 27 heavy (non-hydrogen) atoms. The fraction of sp³-hybridized carbons (Fsp3) is 0.316. The summed E-state index contributed by atoms with van der Waals surface area (Å²) in [6.07, 6.45) is 1.90. The second-order valence-electron chi connectivity index (χ2n) is 6.11. The highest BCUT2D eigenvalue weighted by atomic mass is 79.9. The third kappa shape index (κ3) is 7.56.